The number of ether oxygens (including phenoxy) is 1. The van der Waals surface area contributed by atoms with Gasteiger partial charge in [-0.25, -0.2) is 0 Å². The van der Waals surface area contributed by atoms with Gasteiger partial charge in [-0.1, -0.05) is 30.3 Å². The monoisotopic (exact) mass is 180 g/mol. The first-order chi connectivity index (χ1) is 6.29. The lowest BCUT2D eigenvalue weighted by Crippen LogP contribution is -3.06. The van der Waals surface area contributed by atoms with E-state index in [2.05, 4.69) is 26.2 Å². The molecule has 0 aromatic heterocycles. The predicted octanol–water partition coefficient (Wildman–Crippen LogP) is 0.348. The van der Waals surface area contributed by atoms with Crippen LogP contribution in [0.3, 0.4) is 0 Å². The van der Waals surface area contributed by atoms with E-state index in [9.17, 15) is 0 Å². The molecule has 0 spiro atoms. The molecule has 13 heavy (non-hydrogen) atoms. The van der Waals surface area contributed by atoms with Gasteiger partial charge in [-0.2, -0.15) is 0 Å². The fraction of sp³-hybridized carbons (Fsp3) is 0.455. The van der Waals surface area contributed by atoms with Crippen LogP contribution in [0.2, 0.25) is 0 Å². The normalized spacial score (nSPS) is 10.7. The smallest absolute Gasteiger partial charge is 0.100 e. The van der Waals surface area contributed by atoms with Crippen LogP contribution in [-0.4, -0.2) is 27.2 Å². The lowest BCUT2D eigenvalue weighted by atomic mass is 10.2. The van der Waals surface area contributed by atoms with E-state index in [1.54, 1.807) is 0 Å². The van der Waals surface area contributed by atoms with Gasteiger partial charge in [0.25, 0.3) is 0 Å². The van der Waals surface area contributed by atoms with Gasteiger partial charge in [0.1, 0.15) is 6.54 Å². The highest BCUT2D eigenvalue weighted by molar-refractivity contribution is 5.13. The zero-order valence-corrected chi connectivity index (χ0v) is 8.42. The summed E-state index contributed by atoms with van der Waals surface area (Å²) >= 11 is 0. The van der Waals surface area contributed by atoms with Gasteiger partial charge in [0.15, 0.2) is 0 Å². The van der Waals surface area contributed by atoms with E-state index in [-0.39, 0.29) is 0 Å². The summed E-state index contributed by atoms with van der Waals surface area (Å²) in [6.07, 6.45) is 0. The summed E-state index contributed by atoms with van der Waals surface area (Å²) in [6, 6.07) is 10.3. The van der Waals surface area contributed by atoms with Crippen molar-refractivity contribution in [1.29, 1.82) is 0 Å². The molecule has 0 saturated carbocycles. The largest absolute Gasteiger partial charge is 0.371 e. The third-order valence-corrected chi connectivity index (χ3v) is 1.86. The van der Waals surface area contributed by atoms with E-state index < -0.39 is 0 Å². The summed E-state index contributed by atoms with van der Waals surface area (Å²) in [4.78, 5) is 1.42. The summed E-state index contributed by atoms with van der Waals surface area (Å²) in [5.74, 6) is 0. The SMILES string of the molecule is C[NH+](C)CCOCc1ccccc1. The summed E-state index contributed by atoms with van der Waals surface area (Å²) in [5, 5.41) is 0. The first-order valence-electron chi connectivity index (χ1n) is 4.70. The van der Waals surface area contributed by atoms with Crippen molar-refractivity contribution < 1.29 is 9.64 Å². The predicted molar refractivity (Wildman–Crippen MR) is 53.8 cm³/mol. The third kappa shape index (κ3) is 4.65. The highest BCUT2D eigenvalue weighted by Gasteiger charge is 1.94. The third-order valence-electron chi connectivity index (χ3n) is 1.86. The Balaban J connectivity index is 2.13. The second kappa shape index (κ2) is 5.73. The maximum Gasteiger partial charge on any atom is 0.100 e. The van der Waals surface area contributed by atoms with Crippen LogP contribution >= 0.6 is 0 Å². The summed E-state index contributed by atoms with van der Waals surface area (Å²) < 4.78 is 5.51. The van der Waals surface area contributed by atoms with Gasteiger partial charge >= 0.3 is 0 Å². The molecule has 1 aromatic carbocycles. The van der Waals surface area contributed by atoms with Gasteiger partial charge in [-0.3, -0.25) is 0 Å². The molecule has 0 amide bonds. The average molecular weight is 180 g/mol. The minimum Gasteiger partial charge on any atom is -0.371 e. The van der Waals surface area contributed by atoms with Gasteiger partial charge in [0, 0.05) is 0 Å². The minimum absolute atomic E-state index is 0.730. The molecule has 0 atom stereocenters. The molecule has 2 heteroatoms. The molecule has 1 rings (SSSR count). The van der Waals surface area contributed by atoms with Gasteiger partial charge in [0.05, 0.1) is 27.3 Å². The first kappa shape index (κ1) is 10.2. The number of hydrogen-bond donors (Lipinski definition) is 1. The van der Waals surface area contributed by atoms with Crippen LogP contribution in [0.1, 0.15) is 5.56 Å². The number of nitrogens with one attached hydrogen (secondary N) is 1. The van der Waals surface area contributed by atoms with E-state index in [1.165, 1.54) is 10.5 Å². The van der Waals surface area contributed by atoms with Gasteiger partial charge in [0.2, 0.25) is 0 Å². The Morgan fingerprint density at radius 1 is 1.15 bits per heavy atom. The fourth-order valence-corrected chi connectivity index (χ4v) is 1.04. The average Bonchev–Trinajstić information content (AvgIpc) is 2.14. The molecule has 0 unspecified atom stereocenters. The van der Waals surface area contributed by atoms with Crippen LogP contribution in [0, 0.1) is 0 Å². The van der Waals surface area contributed by atoms with Crippen molar-refractivity contribution in [2.75, 3.05) is 27.2 Å². The molecule has 0 bridgehead atoms. The maximum absolute atomic E-state index is 5.51. The van der Waals surface area contributed by atoms with E-state index >= 15 is 0 Å². The second-order valence-corrected chi connectivity index (χ2v) is 3.50. The lowest BCUT2D eigenvalue weighted by Gasteiger charge is -2.07. The number of rotatable bonds is 5. The Bertz CT molecular complexity index is 221. The Morgan fingerprint density at radius 2 is 1.85 bits per heavy atom. The van der Waals surface area contributed by atoms with Gasteiger partial charge in [-0.15, -0.1) is 0 Å². The topological polar surface area (TPSA) is 13.7 Å². The molecule has 0 saturated heterocycles. The van der Waals surface area contributed by atoms with E-state index in [0.29, 0.717) is 0 Å². The first-order valence-corrected chi connectivity index (χ1v) is 4.70. The second-order valence-electron chi connectivity index (χ2n) is 3.50. The molecule has 0 fully saturated rings. The Kier molecular flexibility index (Phi) is 4.50. The summed E-state index contributed by atoms with van der Waals surface area (Å²) in [6.45, 7) is 2.62. The van der Waals surface area contributed by atoms with Crippen LogP contribution < -0.4 is 4.90 Å². The van der Waals surface area contributed by atoms with Crippen LogP contribution in [-0.2, 0) is 11.3 Å². The Hall–Kier alpha value is -0.860. The zero-order chi connectivity index (χ0) is 9.52. The van der Waals surface area contributed by atoms with Crippen LogP contribution in [0.15, 0.2) is 30.3 Å². The Morgan fingerprint density at radius 3 is 2.46 bits per heavy atom. The molecular formula is C11H18NO+. The fourth-order valence-electron chi connectivity index (χ4n) is 1.04. The van der Waals surface area contributed by atoms with Crippen LogP contribution in [0.25, 0.3) is 0 Å². The summed E-state index contributed by atoms with van der Waals surface area (Å²) in [5.41, 5.74) is 1.25. The molecule has 1 aromatic rings. The Labute approximate surface area is 80.1 Å². The molecule has 0 radical (unpaired) electrons. The van der Waals surface area contributed by atoms with Crippen molar-refractivity contribution in [3.63, 3.8) is 0 Å². The molecule has 72 valence electrons. The van der Waals surface area contributed by atoms with Crippen molar-refractivity contribution in [3.8, 4) is 0 Å². The summed E-state index contributed by atoms with van der Waals surface area (Å²) in [7, 11) is 4.26. The van der Waals surface area contributed by atoms with Crippen molar-refractivity contribution in [1.82, 2.24) is 0 Å². The standard InChI is InChI=1S/C11H17NO/c1-12(2)8-9-13-10-11-6-4-3-5-7-11/h3-7H,8-10H2,1-2H3/p+1. The van der Waals surface area contributed by atoms with Crippen molar-refractivity contribution in [2.24, 2.45) is 0 Å². The highest BCUT2D eigenvalue weighted by atomic mass is 16.5. The molecular weight excluding hydrogens is 162 g/mol. The number of quaternary nitrogens is 1. The van der Waals surface area contributed by atoms with Crippen LogP contribution in [0.5, 0.6) is 0 Å². The van der Waals surface area contributed by atoms with E-state index in [1.807, 2.05) is 18.2 Å². The highest BCUT2D eigenvalue weighted by Crippen LogP contribution is 1.99. The van der Waals surface area contributed by atoms with Gasteiger partial charge < -0.3 is 9.64 Å². The van der Waals surface area contributed by atoms with Crippen LogP contribution in [0.4, 0.5) is 0 Å². The molecule has 0 aliphatic rings. The quantitative estimate of drug-likeness (QED) is 0.645. The number of benzene rings is 1. The molecule has 0 heterocycles. The number of hydrogen-bond acceptors (Lipinski definition) is 1. The maximum atomic E-state index is 5.51. The zero-order valence-electron chi connectivity index (χ0n) is 8.42. The minimum atomic E-state index is 0.730. The van der Waals surface area contributed by atoms with Crippen molar-refractivity contribution in [2.45, 2.75) is 6.61 Å². The molecule has 1 N–H and O–H groups in total. The molecule has 2 nitrogen and oxygen atoms in total. The molecule has 0 aliphatic heterocycles. The van der Waals surface area contributed by atoms with E-state index in [0.717, 1.165) is 19.8 Å². The molecule has 0 aliphatic carbocycles. The lowest BCUT2D eigenvalue weighted by molar-refractivity contribution is -0.858. The van der Waals surface area contributed by atoms with Crippen molar-refractivity contribution >= 4 is 0 Å². The van der Waals surface area contributed by atoms with Gasteiger partial charge in [-0.05, 0) is 5.56 Å². The number of likely N-dealkylation sites (N-methyl/N-ethyl adjacent to an activating group) is 1. The van der Waals surface area contributed by atoms with Crippen molar-refractivity contribution in [3.05, 3.63) is 35.9 Å². The van der Waals surface area contributed by atoms with E-state index in [4.69, 9.17) is 4.74 Å².